The van der Waals surface area contributed by atoms with Crippen LogP contribution in [-0.4, -0.2) is 19.6 Å². The summed E-state index contributed by atoms with van der Waals surface area (Å²) >= 11 is 0. The smallest absolute Gasteiger partial charge is 0.257 e. The van der Waals surface area contributed by atoms with Gasteiger partial charge in [0.05, 0.1) is 5.56 Å². The lowest BCUT2D eigenvalue weighted by atomic mass is 10.2. The van der Waals surface area contributed by atoms with Gasteiger partial charge >= 0.3 is 0 Å². The highest BCUT2D eigenvalue weighted by atomic mass is 16.5. The van der Waals surface area contributed by atoms with Crippen LogP contribution >= 0.6 is 0 Å². The minimum atomic E-state index is -0.231. The van der Waals surface area contributed by atoms with Crippen LogP contribution < -0.4 is 15.8 Å². The molecule has 0 radical (unpaired) electrons. The van der Waals surface area contributed by atoms with E-state index >= 15 is 0 Å². The number of carbonyl (C=O) groups is 1. The maximum absolute atomic E-state index is 10.9. The number of hydrogen-bond donors (Lipinski definition) is 2. The number of rotatable bonds is 3. The van der Waals surface area contributed by atoms with Gasteiger partial charge < -0.3 is 15.8 Å². The first kappa shape index (κ1) is 10.9. The lowest BCUT2D eigenvalue weighted by molar-refractivity contribution is -0.122. The molecule has 78 valence electrons. The Morgan fingerprint density at radius 3 is 3.00 bits per heavy atom. The van der Waals surface area contributed by atoms with Gasteiger partial charge in [-0.25, -0.2) is 0 Å². The number of anilines is 1. The second-order valence-corrected chi connectivity index (χ2v) is 2.82. The maximum Gasteiger partial charge on any atom is 0.257 e. The van der Waals surface area contributed by atoms with Gasteiger partial charge in [0.2, 0.25) is 0 Å². The molecule has 0 saturated heterocycles. The molecule has 0 unspecified atom stereocenters. The van der Waals surface area contributed by atoms with Crippen LogP contribution in [0.5, 0.6) is 5.75 Å². The van der Waals surface area contributed by atoms with E-state index in [4.69, 9.17) is 15.7 Å². The van der Waals surface area contributed by atoms with Gasteiger partial charge in [-0.2, -0.15) is 5.26 Å². The van der Waals surface area contributed by atoms with Crippen molar-refractivity contribution in [2.75, 3.05) is 19.4 Å². The van der Waals surface area contributed by atoms with Gasteiger partial charge in [-0.15, -0.1) is 0 Å². The first-order valence-corrected chi connectivity index (χ1v) is 4.30. The number of hydrogen-bond acceptors (Lipinski definition) is 4. The molecule has 1 amide bonds. The molecule has 0 atom stereocenters. The van der Waals surface area contributed by atoms with Crippen LogP contribution in [-0.2, 0) is 4.79 Å². The number of nitrogens with one attached hydrogen (secondary N) is 1. The molecule has 0 aliphatic heterocycles. The standard InChI is InChI=1S/C10H11N3O2/c1-13-10(14)6-15-8-2-3-9(12)7(4-8)5-11/h2-4H,6,12H2,1H3,(H,13,14). The molecule has 5 nitrogen and oxygen atoms in total. The monoisotopic (exact) mass is 205 g/mol. The zero-order valence-corrected chi connectivity index (χ0v) is 8.28. The minimum Gasteiger partial charge on any atom is -0.484 e. The predicted molar refractivity (Wildman–Crippen MR) is 55.1 cm³/mol. The number of nitrogens with zero attached hydrogens (tertiary/aromatic N) is 1. The highest BCUT2D eigenvalue weighted by molar-refractivity contribution is 5.77. The van der Waals surface area contributed by atoms with Crippen molar-refractivity contribution in [3.05, 3.63) is 23.8 Å². The Bertz CT molecular complexity index is 410. The number of benzene rings is 1. The van der Waals surface area contributed by atoms with Crippen molar-refractivity contribution in [3.8, 4) is 11.8 Å². The molecule has 0 aliphatic rings. The fourth-order valence-electron chi connectivity index (χ4n) is 0.943. The van der Waals surface area contributed by atoms with Gasteiger partial charge in [0, 0.05) is 18.8 Å². The quantitative estimate of drug-likeness (QED) is 0.693. The first-order valence-electron chi connectivity index (χ1n) is 4.30. The second kappa shape index (κ2) is 4.86. The molecule has 1 aromatic rings. The number of nitrogen functional groups attached to an aromatic ring is 1. The summed E-state index contributed by atoms with van der Waals surface area (Å²) in [4.78, 5) is 10.9. The number of amides is 1. The maximum atomic E-state index is 10.9. The number of carbonyl (C=O) groups excluding carboxylic acids is 1. The molecule has 0 fully saturated rings. The Balaban J connectivity index is 2.71. The Morgan fingerprint density at radius 1 is 1.67 bits per heavy atom. The summed E-state index contributed by atoms with van der Waals surface area (Å²) in [5, 5.41) is 11.1. The van der Waals surface area contributed by atoms with Gasteiger partial charge in [0.25, 0.3) is 5.91 Å². The van der Waals surface area contributed by atoms with Crippen LogP contribution in [0.1, 0.15) is 5.56 Å². The van der Waals surface area contributed by atoms with E-state index < -0.39 is 0 Å². The summed E-state index contributed by atoms with van der Waals surface area (Å²) in [5.74, 6) is 0.217. The van der Waals surface area contributed by atoms with Crippen LogP contribution in [0.2, 0.25) is 0 Å². The van der Waals surface area contributed by atoms with Crippen LogP contribution in [0.15, 0.2) is 18.2 Å². The Morgan fingerprint density at radius 2 is 2.40 bits per heavy atom. The topological polar surface area (TPSA) is 88.1 Å². The summed E-state index contributed by atoms with van der Waals surface area (Å²) in [6.07, 6.45) is 0. The van der Waals surface area contributed by atoms with Crippen molar-refractivity contribution in [3.63, 3.8) is 0 Å². The average Bonchev–Trinajstić information content (AvgIpc) is 2.27. The minimum absolute atomic E-state index is 0.0781. The second-order valence-electron chi connectivity index (χ2n) is 2.82. The largest absolute Gasteiger partial charge is 0.484 e. The SMILES string of the molecule is CNC(=O)COc1ccc(N)c(C#N)c1. The highest BCUT2D eigenvalue weighted by Gasteiger charge is 2.03. The average molecular weight is 205 g/mol. The third kappa shape index (κ3) is 2.88. The Hall–Kier alpha value is -2.22. The van der Waals surface area contributed by atoms with E-state index in [2.05, 4.69) is 5.32 Å². The van der Waals surface area contributed by atoms with Crippen molar-refractivity contribution in [1.82, 2.24) is 5.32 Å². The molecule has 0 aliphatic carbocycles. The van der Waals surface area contributed by atoms with Crippen molar-refractivity contribution in [1.29, 1.82) is 5.26 Å². The number of nitrogens with two attached hydrogens (primary N) is 1. The summed E-state index contributed by atoms with van der Waals surface area (Å²) in [6, 6.07) is 6.61. The van der Waals surface area contributed by atoms with Gasteiger partial charge in [0.15, 0.2) is 6.61 Å². The van der Waals surface area contributed by atoms with Crippen LogP contribution in [0, 0.1) is 11.3 Å². The number of likely N-dealkylation sites (N-methyl/N-ethyl adjacent to an activating group) is 1. The van der Waals surface area contributed by atoms with Gasteiger partial charge in [-0.1, -0.05) is 0 Å². The summed E-state index contributed by atoms with van der Waals surface area (Å²) in [6.45, 7) is -0.0781. The zero-order valence-electron chi connectivity index (χ0n) is 8.28. The van der Waals surface area contributed by atoms with Crippen molar-refractivity contribution in [2.24, 2.45) is 0 Å². The van der Waals surface area contributed by atoms with E-state index in [-0.39, 0.29) is 12.5 Å². The predicted octanol–water partition coefficient (Wildman–Crippen LogP) is 0.265. The van der Waals surface area contributed by atoms with Gasteiger partial charge in [-0.3, -0.25) is 4.79 Å². The van der Waals surface area contributed by atoms with Gasteiger partial charge in [-0.05, 0) is 12.1 Å². The molecule has 1 aromatic carbocycles. The molecular weight excluding hydrogens is 194 g/mol. The summed E-state index contributed by atoms with van der Waals surface area (Å²) in [5.41, 5.74) is 6.26. The molecule has 0 heterocycles. The van der Waals surface area contributed by atoms with Crippen molar-refractivity contribution >= 4 is 11.6 Å². The van der Waals surface area contributed by atoms with E-state index in [1.54, 1.807) is 12.1 Å². The van der Waals surface area contributed by atoms with E-state index in [0.717, 1.165) is 0 Å². The number of nitriles is 1. The van der Waals surface area contributed by atoms with Gasteiger partial charge in [0.1, 0.15) is 11.8 Å². The van der Waals surface area contributed by atoms with Crippen LogP contribution in [0.3, 0.4) is 0 Å². The third-order valence-electron chi connectivity index (χ3n) is 1.79. The van der Waals surface area contributed by atoms with Crippen LogP contribution in [0.4, 0.5) is 5.69 Å². The molecule has 0 aromatic heterocycles. The third-order valence-corrected chi connectivity index (χ3v) is 1.79. The molecule has 0 bridgehead atoms. The molecule has 0 spiro atoms. The highest BCUT2D eigenvalue weighted by Crippen LogP contribution is 2.18. The Labute approximate surface area is 87.4 Å². The molecule has 5 heteroatoms. The lowest BCUT2D eigenvalue weighted by Gasteiger charge is -2.06. The van der Waals surface area contributed by atoms with Crippen molar-refractivity contribution < 1.29 is 9.53 Å². The normalized spacial score (nSPS) is 9.07. The molecule has 1 rings (SSSR count). The zero-order chi connectivity index (χ0) is 11.3. The van der Waals surface area contributed by atoms with E-state index in [0.29, 0.717) is 17.0 Å². The molecular formula is C10H11N3O2. The van der Waals surface area contributed by atoms with E-state index in [9.17, 15) is 4.79 Å². The number of ether oxygens (including phenoxy) is 1. The van der Waals surface area contributed by atoms with E-state index in [1.165, 1.54) is 13.1 Å². The fraction of sp³-hybridized carbons (Fsp3) is 0.200. The Kier molecular flexibility index (Phi) is 3.52. The fourth-order valence-corrected chi connectivity index (χ4v) is 0.943. The molecule has 15 heavy (non-hydrogen) atoms. The molecule has 0 saturated carbocycles. The lowest BCUT2D eigenvalue weighted by Crippen LogP contribution is -2.24. The molecule has 3 N–H and O–H groups in total. The van der Waals surface area contributed by atoms with Crippen molar-refractivity contribution in [2.45, 2.75) is 0 Å². The summed E-state index contributed by atoms with van der Waals surface area (Å²) in [7, 11) is 1.52. The van der Waals surface area contributed by atoms with E-state index in [1.807, 2.05) is 6.07 Å². The first-order chi connectivity index (χ1) is 7.17. The summed E-state index contributed by atoms with van der Waals surface area (Å²) < 4.78 is 5.14. The van der Waals surface area contributed by atoms with Crippen LogP contribution in [0.25, 0.3) is 0 Å².